The Morgan fingerprint density at radius 3 is 2.24 bits per heavy atom. The fourth-order valence-electron chi connectivity index (χ4n) is 2.58. The monoisotopic (exact) mass is 393 g/mol. The van der Waals surface area contributed by atoms with Gasteiger partial charge in [0.05, 0.1) is 0 Å². The SMILES string of the molecule is Cc1ccc(NC(=O)[C@H](OC(=O)COc2ccc(F)cc2)c2ccccc2)cc1. The minimum Gasteiger partial charge on any atom is -0.482 e. The zero-order valence-corrected chi connectivity index (χ0v) is 15.8. The molecule has 29 heavy (non-hydrogen) atoms. The number of carbonyl (C=O) groups is 2. The Morgan fingerprint density at radius 2 is 1.59 bits per heavy atom. The molecule has 5 nitrogen and oxygen atoms in total. The van der Waals surface area contributed by atoms with Crippen molar-refractivity contribution in [2.75, 3.05) is 11.9 Å². The minimum atomic E-state index is -1.14. The molecule has 3 aromatic carbocycles. The van der Waals surface area contributed by atoms with E-state index in [2.05, 4.69) is 5.32 Å². The molecule has 3 rings (SSSR count). The topological polar surface area (TPSA) is 64.6 Å². The third-order valence-electron chi connectivity index (χ3n) is 4.08. The molecule has 6 heteroatoms. The summed E-state index contributed by atoms with van der Waals surface area (Å²) in [6.07, 6.45) is -1.14. The highest BCUT2D eigenvalue weighted by Crippen LogP contribution is 2.21. The molecule has 1 amide bonds. The smallest absolute Gasteiger partial charge is 0.345 e. The first-order chi connectivity index (χ1) is 14.0. The zero-order chi connectivity index (χ0) is 20.6. The predicted octanol–water partition coefficient (Wildman–Crippen LogP) is 4.44. The highest BCUT2D eigenvalue weighted by Gasteiger charge is 2.25. The maximum Gasteiger partial charge on any atom is 0.345 e. The lowest BCUT2D eigenvalue weighted by molar-refractivity contribution is -0.156. The maximum atomic E-state index is 12.9. The highest BCUT2D eigenvalue weighted by atomic mass is 19.1. The molecule has 1 atom stereocenters. The summed E-state index contributed by atoms with van der Waals surface area (Å²) in [5, 5.41) is 2.75. The lowest BCUT2D eigenvalue weighted by Gasteiger charge is -2.18. The zero-order valence-electron chi connectivity index (χ0n) is 15.8. The van der Waals surface area contributed by atoms with Crippen molar-refractivity contribution in [2.45, 2.75) is 13.0 Å². The van der Waals surface area contributed by atoms with Crippen LogP contribution in [-0.4, -0.2) is 18.5 Å². The van der Waals surface area contributed by atoms with E-state index in [9.17, 15) is 14.0 Å². The average molecular weight is 393 g/mol. The first-order valence-electron chi connectivity index (χ1n) is 9.01. The molecule has 0 saturated heterocycles. The summed E-state index contributed by atoms with van der Waals surface area (Å²) in [4.78, 5) is 25.0. The van der Waals surface area contributed by atoms with Crippen molar-refractivity contribution in [3.8, 4) is 5.75 Å². The number of nitrogens with one attached hydrogen (secondary N) is 1. The third-order valence-corrected chi connectivity index (χ3v) is 4.08. The third kappa shape index (κ3) is 5.90. The summed E-state index contributed by atoms with van der Waals surface area (Å²) in [6.45, 7) is 1.54. The second-order valence-electron chi connectivity index (χ2n) is 6.38. The van der Waals surface area contributed by atoms with Crippen molar-refractivity contribution < 1.29 is 23.5 Å². The summed E-state index contributed by atoms with van der Waals surface area (Å²) in [5.74, 6) is -1.28. The van der Waals surface area contributed by atoms with Gasteiger partial charge in [0.15, 0.2) is 6.61 Å². The number of rotatable bonds is 7. The Kier molecular flexibility index (Phi) is 6.58. The van der Waals surface area contributed by atoms with Crippen molar-refractivity contribution in [3.05, 3.63) is 95.8 Å². The van der Waals surface area contributed by atoms with Crippen molar-refractivity contribution in [3.63, 3.8) is 0 Å². The van der Waals surface area contributed by atoms with Crippen LogP contribution in [0.2, 0.25) is 0 Å². The van der Waals surface area contributed by atoms with E-state index in [1.54, 1.807) is 42.5 Å². The van der Waals surface area contributed by atoms with E-state index in [1.807, 2.05) is 19.1 Å². The van der Waals surface area contributed by atoms with Crippen molar-refractivity contribution >= 4 is 17.6 Å². The van der Waals surface area contributed by atoms with E-state index in [0.29, 0.717) is 17.0 Å². The van der Waals surface area contributed by atoms with Crippen molar-refractivity contribution in [1.82, 2.24) is 0 Å². The van der Waals surface area contributed by atoms with Crippen LogP contribution in [-0.2, 0) is 14.3 Å². The van der Waals surface area contributed by atoms with Crippen LogP contribution in [0.5, 0.6) is 5.75 Å². The van der Waals surface area contributed by atoms with Gasteiger partial charge in [0.25, 0.3) is 5.91 Å². The Labute approximate surface area is 168 Å². The van der Waals surface area contributed by atoms with Gasteiger partial charge in [-0.3, -0.25) is 4.79 Å². The molecular weight excluding hydrogens is 373 g/mol. The van der Waals surface area contributed by atoms with E-state index >= 15 is 0 Å². The van der Waals surface area contributed by atoms with Crippen LogP contribution in [0.3, 0.4) is 0 Å². The number of halogens is 1. The maximum absolute atomic E-state index is 12.9. The molecule has 0 unspecified atom stereocenters. The Hall–Kier alpha value is -3.67. The molecule has 0 radical (unpaired) electrons. The molecule has 0 aromatic heterocycles. The average Bonchev–Trinajstić information content (AvgIpc) is 2.74. The molecule has 0 bridgehead atoms. The number of hydrogen-bond acceptors (Lipinski definition) is 4. The van der Waals surface area contributed by atoms with Gasteiger partial charge >= 0.3 is 5.97 Å². The minimum absolute atomic E-state index is 0.323. The van der Waals surface area contributed by atoms with Crippen LogP contribution in [0.1, 0.15) is 17.2 Å². The molecular formula is C23H20FNO4. The lowest BCUT2D eigenvalue weighted by atomic mass is 10.1. The fraction of sp³-hybridized carbons (Fsp3) is 0.130. The van der Waals surface area contributed by atoms with Crippen LogP contribution in [0.25, 0.3) is 0 Å². The lowest BCUT2D eigenvalue weighted by Crippen LogP contribution is -2.28. The van der Waals surface area contributed by atoms with Gasteiger partial charge in [-0.05, 0) is 43.3 Å². The molecule has 0 fully saturated rings. The van der Waals surface area contributed by atoms with E-state index in [0.717, 1.165) is 5.56 Å². The molecule has 0 aliphatic carbocycles. The van der Waals surface area contributed by atoms with Crippen molar-refractivity contribution in [1.29, 1.82) is 0 Å². The first-order valence-corrected chi connectivity index (χ1v) is 9.01. The predicted molar refractivity (Wildman–Crippen MR) is 107 cm³/mol. The summed E-state index contributed by atoms with van der Waals surface area (Å²) >= 11 is 0. The second kappa shape index (κ2) is 9.50. The standard InChI is InChI=1S/C23H20FNO4/c1-16-7-11-19(12-8-16)25-23(27)22(17-5-3-2-4-6-17)29-21(26)15-28-20-13-9-18(24)10-14-20/h2-14,22H,15H2,1H3,(H,25,27)/t22-/m1/s1. The van der Waals surface area contributed by atoms with Gasteiger partial charge in [-0.15, -0.1) is 0 Å². The number of hydrogen-bond donors (Lipinski definition) is 1. The summed E-state index contributed by atoms with van der Waals surface area (Å²) < 4.78 is 23.6. The molecule has 0 saturated carbocycles. The van der Waals surface area contributed by atoms with Crippen molar-refractivity contribution in [2.24, 2.45) is 0 Å². The van der Waals surface area contributed by atoms with E-state index < -0.39 is 30.4 Å². The van der Waals surface area contributed by atoms with Crippen LogP contribution in [0.4, 0.5) is 10.1 Å². The molecule has 1 N–H and O–H groups in total. The Balaban J connectivity index is 1.68. The number of benzene rings is 3. The van der Waals surface area contributed by atoms with Gasteiger partial charge in [-0.2, -0.15) is 0 Å². The van der Waals surface area contributed by atoms with Gasteiger partial charge in [-0.25, -0.2) is 9.18 Å². The van der Waals surface area contributed by atoms with Gasteiger partial charge in [0.1, 0.15) is 11.6 Å². The van der Waals surface area contributed by atoms with E-state index in [1.165, 1.54) is 24.3 Å². The molecule has 0 spiro atoms. The normalized spacial score (nSPS) is 11.4. The number of esters is 1. The molecule has 0 aliphatic rings. The Bertz CT molecular complexity index is 956. The number of amides is 1. The highest BCUT2D eigenvalue weighted by molar-refractivity contribution is 5.96. The number of aryl methyl sites for hydroxylation is 1. The van der Waals surface area contributed by atoms with Crippen LogP contribution in [0, 0.1) is 12.7 Å². The number of ether oxygens (including phenoxy) is 2. The first kappa shape index (κ1) is 20.1. The summed E-state index contributed by atoms with van der Waals surface area (Å²) in [7, 11) is 0. The fourth-order valence-corrected chi connectivity index (χ4v) is 2.58. The summed E-state index contributed by atoms with van der Waals surface area (Å²) in [5.41, 5.74) is 2.19. The van der Waals surface area contributed by atoms with Gasteiger partial charge in [-0.1, -0.05) is 48.0 Å². The molecule has 148 valence electrons. The number of carbonyl (C=O) groups excluding carboxylic acids is 2. The van der Waals surface area contributed by atoms with E-state index in [-0.39, 0.29) is 0 Å². The van der Waals surface area contributed by atoms with Crippen LogP contribution < -0.4 is 10.1 Å². The molecule has 3 aromatic rings. The van der Waals surface area contributed by atoms with Gasteiger partial charge in [0, 0.05) is 11.3 Å². The quantitative estimate of drug-likeness (QED) is 0.603. The largest absolute Gasteiger partial charge is 0.482 e. The van der Waals surface area contributed by atoms with E-state index in [4.69, 9.17) is 9.47 Å². The summed E-state index contributed by atoms with van der Waals surface area (Å²) in [6, 6.07) is 21.3. The van der Waals surface area contributed by atoms with Gasteiger partial charge < -0.3 is 14.8 Å². The van der Waals surface area contributed by atoms with Crippen LogP contribution >= 0.6 is 0 Å². The van der Waals surface area contributed by atoms with Gasteiger partial charge in [0.2, 0.25) is 6.10 Å². The van der Waals surface area contributed by atoms with Crippen LogP contribution in [0.15, 0.2) is 78.9 Å². The number of anilines is 1. The second-order valence-corrected chi connectivity index (χ2v) is 6.38. The Morgan fingerprint density at radius 1 is 0.931 bits per heavy atom. The molecule has 0 aliphatic heterocycles. The molecule has 0 heterocycles.